The highest BCUT2D eigenvalue weighted by Crippen LogP contribution is 2.08. The fourth-order valence-corrected chi connectivity index (χ4v) is 1.62. The third kappa shape index (κ3) is 2.57. The number of aromatic carboxylic acids is 1. The summed E-state index contributed by atoms with van der Waals surface area (Å²) in [5.41, 5.74) is 0.819. The molecule has 0 saturated heterocycles. The summed E-state index contributed by atoms with van der Waals surface area (Å²) >= 11 is 0. The highest BCUT2D eigenvalue weighted by molar-refractivity contribution is 5.88. The van der Waals surface area contributed by atoms with Crippen molar-refractivity contribution in [3.63, 3.8) is 0 Å². The Labute approximate surface area is 103 Å². The van der Waals surface area contributed by atoms with Crippen LogP contribution in [-0.4, -0.2) is 25.8 Å². The first-order valence-electron chi connectivity index (χ1n) is 5.44. The minimum Gasteiger partial charge on any atom is -0.478 e. The van der Waals surface area contributed by atoms with Gasteiger partial charge in [-0.25, -0.2) is 9.78 Å². The van der Waals surface area contributed by atoms with Crippen LogP contribution in [0.5, 0.6) is 0 Å². The van der Waals surface area contributed by atoms with E-state index in [1.54, 1.807) is 13.2 Å². The van der Waals surface area contributed by atoms with Crippen LogP contribution in [-0.2, 0) is 20.1 Å². The van der Waals surface area contributed by atoms with Crippen LogP contribution in [0.3, 0.4) is 0 Å². The SMILES string of the molecule is Cc1cnc(CNCc2c(C(=O)O)cnn2C)o1. The Hall–Kier alpha value is -2.15. The maximum Gasteiger partial charge on any atom is 0.339 e. The smallest absolute Gasteiger partial charge is 0.339 e. The van der Waals surface area contributed by atoms with Gasteiger partial charge in [-0.3, -0.25) is 4.68 Å². The molecule has 96 valence electrons. The molecule has 0 amide bonds. The lowest BCUT2D eigenvalue weighted by atomic mass is 10.2. The Morgan fingerprint density at radius 2 is 2.28 bits per heavy atom. The van der Waals surface area contributed by atoms with Crippen LogP contribution < -0.4 is 5.32 Å². The number of hydrogen-bond acceptors (Lipinski definition) is 5. The summed E-state index contributed by atoms with van der Waals surface area (Å²) in [5, 5.41) is 16.0. The molecule has 0 aliphatic heterocycles. The Balaban J connectivity index is 1.98. The Kier molecular flexibility index (Phi) is 3.42. The summed E-state index contributed by atoms with van der Waals surface area (Å²) < 4.78 is 6.84. The molecule has 0 aliphatic carbocycles. The van der Waals surface area contributed by atoms with Gasteiger partial charge in [0.15, 0.2) is 0 Å². The van der Waals surface area contributed by atoms with Crippen LogP contribution in [0.15, 0.2) is 16.8 Å². The quantitative estimate of drug-likeness (QED) is 0.811. The molecule has 2 N–H and O–H groups in total. The largest absolute Gasteiger partial charge is 0.478 e. The maximum atomic E-state index is 11.0. The van der Waals surface area contributed by atoms with E-state index in [4.69, 9.17) is 9.52 Å². The topological polar surface area (TPSA) is 93.2 Å². The lowest BCUT2D eigenvalue weighted by Crippen LogP contribution is -2.17. The molecule has 7 heteroatoms. The number of carboxylic acids is 1. The first kappa shape index (κ1) is 12.3. The van der Waals surface area contributed by atoms with Crippen LogP contribution in [0.25, 0.3) is 0 Å². The molecular formula is C11H14N4O3. The van der Waals surface area contributed by atoms with Crippen LogP contribution >= 0.6 is 0 Å². The van der Waals surface area contributed by atoms with E-state index in [2.05, 4.69) is 15.4 Å². The summed E-state index contributed by atoms with van der Waals surface area (Å²) in [6.07, 6.45) is 2.98. The van der Waals surface area contributed by atoms with Gasteiger partial charge >= 0.3 is 5.97 Å². The molecule has 0 bridgehead atoms. The number of oxazole rings is 1. The van der Waals surface area contributed by atoms with Gasteiger partial charge in [-0.2, -0.15) is 5.10 Å². The molecule has 0 saturated carbocycles. The summed E-state index contributed by atoms with van der Waals surface area (Å²) in [7, 11) is 1.71. The van der Waals surface area contributed by atoms with Crippen molar-refractivity contribution in [2.45, 2.75) is 20.0 Å². The third-order valence-electron chi connectivity index (χ3n) is 2.53. The van der Waals surface area contributed by atoms with Gasteiger partial charge in [-0.05, 0) is 6.92 Å². The van der Waals surface area contributed by atoms with Crippen molar-refractivity contribution in [2.24, 2.45) is 7.05 Å². The summed E-state index contributed by atoms with van der Waals surface area (Å²) in [4.78, 5) is 15.0. The Bertz CT molecular complexity index is 558. The second-order valence-corrected chi connectivity index (χ2v) is 3.90. The Morgan fingerprint density at radius 3 is 2.89 bits per heavy atom. The van der Waals surface area contributed by atoms with E-state index >= 15 is 0 Å². The van der Waals surface area contributed by atoms with Crippen molar-refractivity contribution in [3.05, 3.63) is 35.3 Å². The zero-order chi connectivity index (χ0) is 13.1. The van der Waals surface area contributed by atoms with E-state index in [9.17, 15) is 4.79 Å². The fraction of sp³-hybridized carbons (Fsp3) is 0.364. The van der Waals surface area contributed by atoms with Crippen molar-refractivity contribution in [1.29, 1.82) is 0 Å². The van der Waals surface area contributed by atoms with Crippen LogP contribution in [0.1, 0.15) is 27.7 Å². The van der Waals surface area contributed by atoms with Crippen LogP contribution in [0, 0.1) is 6.92 Å². The number of aromatic nitrogens is 3. The number of nitrogens with one attached hydrogen (secondary N) is 1. The molecule has 2 aromatic rings. The van der Waals surface area contributed by atoms with E-state index in [0.29, 0.717) is 24.7 Å². The lowest BCUT2D eigenvalue weighted by molar-refractivity contribution is 0.0695. The van der Waals surface area contributed by atoms with Crippen molar-refractivity contribution >= 4 is 5.97 Å². The van der Waals surface area contributed by atoms with E-state index < -0.39 is 5.97 Å². The lowest BCUT2D eigenvalue weighted by Gasteiger charge is -2.04. The number of rotatable bonds is 5. The summed E-state index contributed by atoms with van der Waals surface area (Å²) in [6, 6.07) is 0. The molecule has 0 fully saturated rings. The van der Waals surface area contributed by atoms with Crippen molar-refractivity contribution in [2.75, 3.05) is 0 Å². The van der Waals surface area contributed by atoms with Gasteiger partial charge in [0.25, 0.3) is 0 Å². The standard InChI is InChI=1S/C11H14N4O3/c1-7-3-13-10(18-7)6-12-5-9-8(11(16)17)4-14-15(9)2/h3-4,12H,5-6H2,1-2H3,(H,16,17). The highest BCUT2D eigenvalue weighted by atomic mass is 16.4. The molecule has 18 heavy (non-hydrogen) atoms. The van der Waals surface area contributed by atoms with Gasteiger partial charge in [0.2, 0.25) is 5.89 Å². The van der Waals surface area contributed by atoms with Crippen molar-refractivity contribution < 1.29 is 14.3 Å². The molecule has 2 rings (SSSR count). The molecular weight excluding hydrogens is 236 g/mol. The van der Waals surface area contributed by atoms with Crippen molar-refractivity contribution in [3.8, 4) is 0 Å². The monoisotopic (exact) mass is 250 g/mol. The second kappa shape index (κ2) is 5.01. The van der Waals surface area contributed by atoms with Gasteiger partial charge in [0.05, 0.1) is 24.6 Å². The fourth-order valence-electron chi connectivity index (χ4n) is 1.62. The van der Waals surface area contributed by atoms with Gasteiger partial charge in [-0.1, -0.05) is 0 Å². The molecule has 0 unspecified atom stereocenters. The van der Waals surface area contributed by atoms with Gasteiger partial charge < -0.3 is 14.8 Å². The Morgan fingerprint density at radius 1 is 1.50 bits per heavy atom. The number of carboxylic acid groups (broad SMARTS) is 1. The minimum absolute atomic E-state index is 0.202. The molecule has 0 aliphatic rings. The van der Waals surface area contributed by atoms with Gasteiger partial charge in [-0.15, -0.1) is 0 Å². The zero-order valence-electron chi connectivity index (χ0n) is 10.2. The molecule has 7 nitrogen and oxygen atoms in total. The number of aryl methyl sites for hydroxylation is 2. The highest BCUT2D eigenvalue weighted by Gasteiger charge is 2.14. The first-order valence-corrected chi connectivity index (χ1v) is 5.44. The normalized spacial score (nSPS) is 10.8. The zero-order valence-corrected chi connectivity index (χ0v) is 10.2. The third-order valence-corrected chi connectivity index (χ3v) is 2.53. The molecule has 0 atom stereocenters. The first-order chi connectivity index (χ1) is 8.58. The average Bonchev–Trinajstić information content (AvgIpc) is 2.87. The van der Waals surface area contributed by atoms with E-state index in [1.807, 2.05) is 6.92 Å². The number of carbonyl (C=O) groups is 1. The molecule has 0 spiro atoms. The van der Waals surface area contributed by atoms with Crippen LogP contribution in [0.4, 0.5) is 0 Å². The number of hydrogen-bond donors (Lipinski definition) is 2. The summed E-state index contributed by atoms with van der Waals surface area (Å²) in [6.45, 7) is 2.65. The average molecular weight is 250 g/mol. The number of nitrogens with zero attached hydrogens (tertiary/aromatic N) is 3. The van der Waals surface area contributed by atoms with Crippen LogP contribution in [0.2, 0.25) is 0 Å². The predicted molar refractivity (Wildman–Crippen MR) is 62.0 cm³/mol. The minimum atomic E-state index is -0.980. The predicted octanol–water partition coefficient (Wildman–Crippen LogP) is 0.705. The van der Waals surface area contributed by atoms with Gasteiger partial charge in [0, 0.05) is 13.6 Å². The van der Waals surface area contributed by atoms with Gasteiger partial charge in [0.1, 0.15) is 11.3 Å². The van der Waals surface area contributed by atoms with E-state index in [0.717, 1.165) is 5.76 Å². The maximum absolute atomic E-state index is 11.0. The molecule has 0 radical (unpaired) electrons. The molecule has 0 aromatic carbocycles. The van der Waals surface area contributed by atoms with Crippen molar-refractivity contribution in [1.82, 2.24) is 20.1 Å². The van der Waals surface area contributed by atoms with E-state index in [-0.39, 0.29) is 5.56 Å². The second-order valence-electron chi connectivity index (χ2n) is 3.90. The molecule has 2 heterocycles. The van der Waals surface area contributed by atoms with E-state index in [1.165, 1.54) is 10.9 Å². The summed E-state index contributed by atoms with van der Waals surface area (Å²) in [5.74, 6) is 0.344. The molecule has 2 aromatic heterocycles.